The van der Waals surface area contributed by atoms with Crippen LogP contribution in [0, 0.1) is 11.1 Å². The van der Waals surface area contributed by atoms with Gasteiger partial charge >= 0.3 is 0 Å². The lowest BCUT2D eigenvalue weighted by Crippen LogP contribution is -2.22. The first-order valence-electron chi connectivity index (χ1n) is 7.59. The zero-order chi connectivity index (χ0) is 16.4. The topological polar surface area (TPSA) is 35.3 Å². The SMILES string of the molecule is C=C(C1=[N+]([O-])O[C@@H](C(=C)c2ccccc2)[C@@H]1C)c1ccccc1. The minimum atomic E-state index is -0.384. The van der Waals surface area contributed by atoms with E-state index < -0.39 is 0 Å². The Labute approximate surface area is 136 Å². The summed E-state index contributed by atoms with van der Waals surface area (Å²) in [5.41, 5.74) is 3.94. The Morgan fingerprint density at radius 1 is 0.957 bits per heavy atom. The molecular formula is C20H19NO2. The van der Waals surface area contributed by atoms with Gasteiger partial charge in [0.15, 0.2) is 0 Å². The second-order valence-corrected chi connectivity index (χ2v) is 5.69. The summed E-state index contributed by atoms with van der Waals surface area (Å²) < 4.78 is 0. The summed E-state index contributed by atoms with van der Waals surface area (Å²) in [6.07, 6.45) is -0.384. The first-order chi connectivity index (χ1) is 11.1. The first-order valence-corrected chi connectivity index (χ1v) is 7.59. The van der Waals surface area contributed by atoms with Crippen LogP contribution in [-0.2, 0) is 4.84 Å². The molecule has 2 aromatic carbocycles. The molecule has 2 aromatic rings. The summed E-state index contributed by atoms with van der Waals surface area (Å²) in [6, 6.07) is 19.5. The van der Waals surface area contributed by atoms with Crippen molar-refractivity contribution >= 4 is 16.9 Å². The van der Waals surface area contributed by atoms with E-state index in [1.807, 2.05) is 67.6 Å². The van der Waals surface area contributed by atoms with Crippen LogP contribution in [0.3, 0.4) is 0 Å². The van der Waals surface area contributed by atoms with Gasteiger partial charge in [0, 0.05) is 10.5 Å². The number of nitrogens with zero attached hydrogens (tertiary/aromatic N) is 1. The van der Waals surface area contributed by atoms with Crippen molar-refractivity contribution in [3.63, 3.8) is 0 Å². The molecule has 0 bridgehead atoms. The number of hydrogen-bond acceptors (Lipinski definition) is 2. The van der Waals surface area contributed by atoms with Crippen molar-refractivity contribution in [3.8, 4) is 0 Å². The molecule has 3 rings (SSSR count). The average Bonchev–Trinajstić information content (AvgIpc) is 2.89. The van der Waals surface area contributed by atoms with Crippen molar-refractivity contribution in [3.05, 3.63) is 90.2 Å². The summed E-state index contributed by atoms with van der Waals surface area (Å²) in [5, 5.41) is 12.3. The molecule has 1 aliphatic heterocycles. The third kappa shape index (κ3) is 2.78. The molecule has 1 aliphatic rings. The highest BCUT2D eigenvalue weighted by Crippen LogP contribution is 2.33. The van der Waals surface area contributed by atoms with E-state index in [9.17, 15) is 5.21 Å². The maximum absolute atomic E-state index is 12.3. The van der Waals surface area contributed by atoms with Gasteiger partial charge in [0.05, 0.1) is 5.92 Å². The van der Waals surface area contributed by atoms with E-state index in [-0.39, 0.29) is 12.0 Å². The number of hydrogen-bond donors (Lipinski definition) is 0. The van der Waals surface area contributed by atoms with Gasteiger partial charge in [-0.2, -0.15) is 0 Å². The third-order valence-corrected chi connectivity index (χ3v) is 4.21. The van der Waals surface area contributed by atoms with Gasteiger partial charge in [-0.25, -0.2) is 0 Å². The van der Waals surface area contributed by atoms with Crippen LogP contribution in [0.15, 0.2) is 73.8 Å². The van der Waals surface area contributed by atoms with Crippen molar-refractivity contribution in [1.29, 1.82) is 0 Å². The van der Waals surface area contributed by atoms with Crippen LogP contribution in [0.2, 0.25) is 0 Å². The lowest BCUT2D eigenvalue weighted by molar-refractivity contribution is -0.736. The van der Waals surface area contributed by atoms with Gasteiger partial charge < -0.3 is 4.84 Å². The smallest absolute Gasteiger partial charge is 0.256 e. The average molecular weight is 305 g/mol. The molecule has 0 unspecified atom stereocenters. The van der Waals surface area contributed by atoms with Gasteiger partial charge in [-0.3, -0.25) is 5.21 Å². The second kappa shape index (κ2) is 6.13. The molecule has 23 heavy (non-hydrogen) atoms. The predicted molar refractivity (Wildman–Crippen MR) is 93.6 cm³/mol. The van der Waals surface area contributed by atoms with Crippen LogP contribution in [-0.4, -0.2) is 16.7 Å². The largest absolute Gasteiger partial charge is 0.394 e. The summed E-state index contributed by atoms with van der Waals surface area (Å²) in [5.74, 6) is -0.118. The Hall–Kier alpha value is -2.81. The highest BCUT2D eigenvalue weighted by atomic mass is 16.9. The molecule has 3 nitrogen and oxygen atoms in total. The fourth-order valence-electron chi connectivity index (χ4n) is 2.91. The van der Waals surface area contributed by atoms with E-state index >= 15 is 0 Å². The van der Waals surface area contributed by atoms with Gasteiger partial charge in [0.2, 0.25) is 0 Å². The van der Waals surface area contributed by atoms with Gasteiger partial charge in [-0.1, -0.05) is 80.7 Å². The van der Waals surface area contributed by atoms with E-state index in [1.54, 1.807) is 0 Å². The Bertz CT molecular complexity index is 763. The maximum Gasteiger partial charge on any atom is 0.256 e. The summed E-state index contributed by atoms with van der Waals surface area (Å²) in [7, 11) is 0. The molecule has 3 heteroatoms. The Kier molecular flexibility index (Phi) is 4.02. The number of rotatable bonds is 4. The van der Waals surface area contributed by atoms with Gasteiger partial charge in [0.25, 0.3) is 5.71 Å². The van der Waals surface area contributed by atoms with Gasteiger partial charge in [0.1, 0.15) is 6.10 Å². The minimum absolute atomic E-state index is 0.118. The van der Waals surface area contributed by atoms with Gasteiger partial charge in [-0.15, -0.1) is 0 Å². The fraction of sp³-hybridized carbons (Fsp3) is 0.150. The van der Waals surface area contributed by atoms with Crippen LogP contribution < -0.4 is 0 Å². The zero-order valence-corrected chi connectivity index (χ0v) is 13.1. The normalized spacial score (nSPS) is 20.2. The van der Waals surface area contributed by atoms with Crippen LogP contribution in [0.4, 0.5) is 0 Å². The molecule has 0 radical (unpaired) electrons. The lowest BCUT2D eigenvalue weighted by atomic mass is 9.86. The molecule has 0 aliphatic carbocycles. The Morgan fingerprint density at radius 3 is 2.04 bits per heavy atom. The first kappa shape index (κ1) is 15.1. The molecule has 0 saturated carbocycles. The quantitative estimate of drug-likeness (QED) is 0.789. The van der Waals surface area contributed by atoms with Gasteiger partial charge in [-0.05, 0) is 16.7 Å². The third-order valence-electron chi connectivity index (χ3n) is 4.21. The van der Waals surface area contributed by atoms with Crippen LogP contribution in [0.25, 0.3) is 11.1 Å². The number of benzene rings is 2. The molecule has 0 saturated heterocycles. The van der Waals surface area contributed by atoms with Crippen molar-refractivity contribution in [2.45, 2.75) is 13.0 Å². The molecular weight excluding hydrogens is 286 g/mol. The van der Waals surface area contributed by atoms with E-state index in [0.717, 1.165) is 16.7 Å². The molecule has 0 N–H and O–H groups in total. The van der Waals surface area contributed by atoms with Crippen LogP contribution in [0.5, 0.6) is 0 Å². The molecule has 1 heterocycles. The fourth-order valence-corrected chi connectivity index (χ4v) is 2.91. The molecule has 2 atom stereocenters. The second-order valence-electron chi connectivity index (χ2n) is 5.69. The molecule has 0 aromatic heterocycles. The van der Waals surface area contributed by atoms with Crippen molar-refractivity contribution in [2.75, 3.05) is 0 Å². The zero-order valence-electron chi connectivity index (χ0n) is 13.1. The van der Waals surface area contributed by atoms with E-state index in [2.05, 4.69) is 13.2 Å². The van der Waals surface area contributed by atoms with Crippen molar-refractivity contribution in [1.82, 2.24) is 0 Å². The Morgan fingerprint density at radius 2 is 1.48 bits per heavy atom. The highest BCUT2D eigenvalue weighted by Gasteiger charge is 2.40. The van der Waals surface area contributed by atoms with Crippen LogP contribution in [0.1, 0.15) is 18.1 Å². The minimum Gasteiger partial charge on any atom is -0.394 e. The van der Waals surface area contributed by atoms with E-state index in [4.69, 9.17) is 4.84 Å². The number of allylic oxidation sites excluding steroid dienone is 1. The predicted octanol–water partition coefficient (Wildman–Crippen LogP) is 4.31. The van der Waals surface area contributed by atoms with E-state index in [0.29, 0.717) is 16.2 Å². The monoisotopic (exact) mass is 305 g/mol. The maximum atomic E-state index is 12.3. The molecule has 0 fully saturated rings. The van der Waals surface area contributed by atoms with Crippen LogP contribution >= 0.6 is 0 Å². The standard InChI is InChI=1S/C20H19NO2/c1-14(17-10-6-4-7-11-17)19-16(3)20(23-21(19)22)15(2)18-12-8-5-9-13-18/h4-13,16,20H,1-2H2,3H3/t16-,20+/m1/s1. The lowest BCUT2D eigenvalue weighted by Gasteiger charge is -2.19. The van der Waals surface area contributed by atoms with Crippen molar-refractivity contribution in [2.24, 2.45) is 5.92 Å². The van der Waals surface area contributed by atoms with E-state index in [1.165, 1.54) is 0 Å². The molecule has 0 amide bonds. The molecule has 116 valence electrons. The highest BCUT2D eigenvalue weighted by molar-refractivity contribution is 6.22. The Balaban J connectivity index is 1.86. The summed E-state index contributed by atoms with van der Waals surface area (Å²) >= 11 is 0. The summed E-state index contributed by atoms with van der Waals surface area (Å²) in [6.45, 7) is 10.2. The molecule has 0 spiro atoms. The summed E-state index contributed by atoms with van der Waals surface area (Å²) in [4.78, 5) is 6.12. The van der Waals surface area contributed by atoms with Crippen molar-refractivity contribution < 1.29 is 9.74 Å².